The first kappa shape index (κ1) is 13.7. The van der Waals surface area contributed by atoms with E-state index in [1.54, 1.807) is 7.11 Å². The molecular weight excluding hydrogens is 238 g/mol. The van der Waals surface area contributed by atoms with Gasteiger partial charge in [0.15, 0.2) is 0 Å². The fourth-order valence-electron chi connectivity index (χ4n) is 2.20. The Bertz CT molecular complexity index is 502. The van der Waals surface area contributed by atoms with Crippen LogP contribution in [-0.4, -0.2) is 13.7 Å². The molecule has 2 aromatic rings. The van der Waals surface area contributed by atoms with Crippen LogP contribution < -0.4 is 10.1 Å². The number of hydrogen-bond donors (Lipinski definition) is 1. The summed E-state index contributed by atoms with van der Waals surface area (Å²) >= 11 is 0. The Morgan fingerprint density at radius 3 is 2.53 bits per heavy atom. The topological polar surface area (TPSA) is 34.4 Å². The molecule has 1 atom stereocenters. The first-order valence-corrected chi connectivity index (χ1v) is 6.64. The van der Waals surface area contributed by atoms with Crippen LogP contribution in [0, 0.1) is 6.92 Å². The molecule has 1 aromatic carbocycles. The van der Waals surface area contributed by atoms with Crippen molar-refractivity contribution in [3.63, 3.8) is 0 Å². The maximum atomic E-state index is 5.41. The Balaban J connectivity index is 2.11. The number of rotatable bonds is 6. The number of likely N-dealkylation sites (N-methyl/N-ethyl adjacent to an activating group) is 1. The van der Waals surface area contributed by atoms with Gasteiger partial charge in [0, 0.05) is 11.6 Å². The summed E-state index contributed by atoms with van der Waals surface area (Å²) in [5.41, 5.74) is 2.49. The van der Waals surface area contributed by atoms with Gasteiger partial charge in [0.05, 0.1) is 13.4 Å². The molecule has 0 saturated heterocycles. The summed E-state index contributed by atoms with van der Waals surface area (Å²) in [6, 6.07) is 10.6. The summed E-state index contributed by atoms with van der Waals surface area (Å²) in [7, 11) is 1.69. The van der Waals surface area contributed by atoms with E-state index in [1.807, 2.05) is 25.3 Å². The molecule has 0 aliphatic heterocycles. The van der Waals surface area contributed by atoms with E-state index in [2.05, 4.69) is 30.4 Å². The number of ether oxygens (including phenoxy) is 1. The Hall–Kier alpha value is -1.74. The lowest BCUT2D eigenvalue weighted by Crippen LogP contribution is -2.22. The van der Waals surface area contributed by atoms with E-state index >= 15 is 0 Å². The normalized spacial score (nSPS) is 12.4. The second-order valence-corrected chi connectivity index (χ2v) is 4.65. The summed E-state index contributed by atoms with van der Waals surface area (Å²) in [6.07, 6.45) is 2.78. The molecule has 0 radical (unpaired) electrons. The minimum absolute atomic E-state index is 0.288. The Kier molecular flexibility index (Phi) is 4.63. The number of methoxy groups -OCH3 is 1. The van der Waals surface area contributed by atoms with E-state index in [0.717, 1.165) is 24.5 Å². The molecule has 0 amide bonds. The predicted octanol–water partition coefficient (Wildman–Crippen LogP) is 3.49. The standard InChI is InChI=1S/C16H21NO2/c1-4-17-16(14-9-12(2)19-11-14)10-13-5-7-15(18-3)8-6-13/h5-9,11,16-17H,4,10H2,1-3H3. The summed E-state index contributed by atoms with van der Waals surface area (Å²) in [5.74, 6) is 1.84. The van der Waals surface area contributed by atoms with Gasteiger partial charge >= 0.3 is 0 Å². The van der Waals surface area contributed by atoms with Crippen molar-refractivity contribution in [2.24, 2.45) is 0 Å². The van der Waals surface area contributed by atoms with E-state index in [-0.39, 0.29) is 6.04 Å². The Morgan fingerprint density at radius 1 is 1.26 bits per heavy atom. The van der Waals surface area contributed by atoms with Gasteiger partial charge in [-0.1, -0.05) is 19.1 Å². The van der Waals surface area contributed by atoms with E-state index in [9.17, 15) is 0 Å². The van der Waals surface area contributed by atoms with Crippen LogP contribution in [0.25, 0.3) is 0 Å². The van der Waals surface area contributed by atoms with Crippen LogP contribution in [0.15, 0.2) is 41.0 Å². The number of nitrogens with one attached hydrogen (secondary N) is 1. The zero-order valence-corrected chi connectivity index (χ0v) is 11.8. The third-order valence-electron chi connectivity index (χ3n) is 3.20. The first-order chi connectivity index (χ1) is 9.22. The summed E-state index contributed by atoms with van der Waals surface area (Å²) in [6.45, 7) is 5.03. The zero-order valence-electron chi connectivity index (χ0n) is 11.8. The second-order valence-electron chi connectivity index (χ2n) is 4.65. The predicted molar refractivity (Wildman–Crippen MR) is 76.6 cm³/mol. The van der Waals surface area contributed by atoms with Gasteiger partial charge in [-0.25, -0.2) is 0 Å². The molecule has 1 N–H and O–H groups in total. The third kappa shape index (κ3) is 3.61. The van der Waals surface area contributed by atoms with Crippen LogP contribution in [0.2, 0.25) is 0 Å². The highest BCUT2D eigenvalue weighted by molar-refractivity contribution is 5.29. The minimum atomic E-state index is 0.288. The Labute approximate surface area is 114 Å². The lowest BCUT2D eigenvalue weighted by atomic mass is 10.0. The summed E-state index contributed by atoms with van der Waals surface area (Å²) in [5, 5.41) is 3.50. The van der Waals surface area contributed by atoms with Gasteiger partial charge in [0.25, 0.3) is 0 Å². The Morgan fingerprint density at radius 2 is 2.00 bits per heavy atom. The molecule has 0 aliphatic rings. The molecule has 2 rings (SSSR count). The van der Waals surface area contributed by atoms with Crippen molar-refractivity contribution >= 4 is 0 Å². The van der Waals surface area contributed by atoms with Crippen LogP contribution >= 0.6 is 0 Å². The van der Waals surface area contributed by atoms with Crippen molar-refractivity contribution in [1.29, 1.82) is 0 Å². The summed E-state index contributed by atoms with van der Waals surface area (Å²) in [4.78, 5) is 0. The third-order valence-corrected chi connectivity index (χ3v) is 3.20. The van der Waals surface area contributed by atoms with E-state index < -0.39 is 0 Å². The average molecular weight is 259 g/mol. The molecule has 0 spiro atoms. The van der Waals surface area contributed by atoms with Crippen LogP contribution in [0.5, 0.6) is 5.75 Å². The molecule has 0 saturated carbocycles. The molecule has 1 aromatic heterocycles. The molecule has 1 heterocycles. The van der Waals surface area contributed by atoms with Gasteiger partial charge < -0.3 is 14.5 Å². The minimum Gasteiger partial charge on any atom is -0.497 e. The molecule has 102 valence electrons. The van der Waals surface area contributed by atoms with Crippen LogP contribution in [-0.2, 0) is 6.42 Å². The monoisotopic (exact) mass is 259 g/mol. The van der Waals surface area contributed by atoms with Crippen molar-refractivity contribution in [3.8, 4) is 5.75 Å². The maximum Gasteiger partial charge on any atom is 0.118 e. The average Bonchev–Trinajstić information content (AvgIpc) is 2.86. The maximum absolute atomic E-state index is 5.41. The second kappa shape index (κ2) is 6.43. The number of hydrogen-bond acceptors (Lipinski definition) is 3. The van der Waals surface area contributed by atoms with Crippen LogP contribution in [0.1, 0.15) is 29.9 Å². The molecule has 1 unspecified atom stereocenters. The van der Waals surface area contributed by atoms with E-state index in [1.165, 1.54) is 11.1 Å². The number of benzene rings is 1. The largest absolute Gasteiger partial charge is 0.497 e. The zero-order chi connectivity index (χ0) is 13.7. The van der Waals surface area contributed by atoms with Crippen molar-refractivity contribution in [2.75, 3.05) is 13.7 Å². The van der Waals surface area contributed by atoms with Gasteiger partial charge in [-0.3, -0.25) is 0 Å². The molecule has 0 aliphatic carbocycles. The van der Waals surface area contributed by atoms with E-state index in [4.69, 9.17) is 9.15 Å². The fraction of sp³-hybridized carbons (Fsp3) is 0.375. The lowest BCUT2D eigenvalue weighted by molar-refractivity contribution is 0.414. The van der Waals surface area contributed by atoms with Crippen molar-refractivity contribution in [3.05, 3.63) is 53.5 Å². The van der Waals surface area contributed by atoms with Crippen molar-refractivity contribution in [2.45, 2.75) is 26.3 Å². The molecular formula is C16H21NO2. The quantitative estimate of drug-likeness (QED) is 0.862. The highest BCUT2D eigenvalue weighted by Gasteiger charge is 2.13. The van der Waals surface area contributed by atoms with Gasteiger partial charge in [-0.15, -0.1) is 0 Å². The highest BCUT2D eigenvalue weighted by atomic mass is 16.5. The number of furan rings is 1. The van der Waals surface area contributed by atoms with Crippen LogP contribution in [0.4, 0.5) is 0 Å². The molecule has 0 fully saturated rings. The van der Waals surface area contributed by atoms with Crippen molar-refractivity contribution in [1.82, 2.24) is 5.32 Å². The number of aryl methyl sites for hydroxylation is 1. The molecule has 3 heteroatoms. The SMILES string of the molecule is CCNC(Cc1ccc(OC)cc1)c1coc(C)c1. The highest BCUT2D eigenvalue weighted by Crippen LogP contribution is 2.22. The molecule has 3 nitrogen and oxygen atoms in total. The molecule has 0 bridgehead atoms. The summed E-state index contributed by atoms with van der Waals surface area (Å²) < 4.78 is 10.6. The van der Waals surface area contributed by atoms with Gasteiger partial charge in [0.1, 0.15) is 11.5 Å². The smallest absolute Gasteiger partial charge is 0.118 e. The van der Waals surface area contributed by atoms with Gasteiger partial charge in [-0.05, 0) is 43.7 Å². The van der Waals surface area contributed by atoms with Gasteiger partial charge in [0.2, 0.25) is 0 Å². The molecule has 19 heavy (non-hydrogen) atoms. The van der Waals surface area contributed by atoms with E-state index in [0.29, 0.717) is 0 Å². The van der Waals surface area contributed by atoms with Crippen LogP contribution in [0.3, 0.4) is 0 Å². The van der Waals surface area contributed by atoms with Crippen molar-refractivity contribution < 1.29 is 9.15 Å². The fourth-order valence-corrected chi connectivity index (χ4v) is 2.20. The lowest BCUT2D eigenvalue weighted by Gasteiger charge is -2.16. The van der Waals surface area contributed by atoms with Gasteiger partial charge in [-0.2, -0.15) is 0 Å². The first-order valence-electron chi connectivity index (χ1n) is 6.64.